The maximum absolute atomic E-state index is 13.0. The van der Waals surface area contributed by atoms with Crippen molar-refractivity contribution in [1.82, 2.24) is 10.2 Å². The molecule has 5 N–H and O–H groups in total. The molecule has 2 amide bonds. The van der Waals surface area contributed by atoms with Gasteiger partial charge in [-0.15, -0.1) is 0 Å². The molecule has 0 aromatic heterocycles. The minimum absolute atomic E-state index is 0. The molecular formula is C26H42N3O9W-. The third-order valence-corrected chi connectivity index (χ3v) is 6.21. The molecule has 222 valence electrons. The fourth-order valence-electron chi connectivity index (χ4n) is 3.65. The quantitative estimate of drug-likeness (QED) is 0.173. The molecule has 0 aliphatic heterocycles. The number of ketones is 1. The average Bonchev–Trinajstić information content (AvgIpc) is 2.79. The molecule has 0 heterocycles. The predicted molar refractivity (Wildman–Crippen MR) is 139 cm³/mol. The first kappa shape index (κ1) is 38.6. The summed E-state index contributed by atoms with van der Waals surface area (Å²) in [6, 6.07) is -2.88. The fraction of sp³-hybridized carbons (Fsp3) is 0.692. The van der Waals surface area contributed by atoms with Gasteiger partial charge in [0.15, 0.2) is 5.78 Å². The first-order valence-corrected chi connectivity index (χ1v) is 12.5. The molecule has 0 spiro atoms. The molecule has 0 radical (unpaired) electrons. The summed E-state index contributed by atoms with van der Waals surface area (Å²) in [5, 5.41) is 29.7. The number of likely N-dealkylation sites (N-methyl/N-ethyl adjacent to an activating group) is 1. The van der Waals surface area contributed by atoms with E-state index in [1.807, 2.05) is 13.8 Å². The largest absolute Gasteiger partial charge is 0.666 e. The van der Waals surface area contributed by atoms with E-state index in [1.54, 1.807) is 33.9 Å². The number of rotatable bonds is 16. The van der Waals surface area contributed by atoms with E-state index >= 15 is 0 Å². The smallest absolute Gasteiger partial charge is 0.306 e. The van der Waals surface area contributed by atoms with Crippen molar-refractivity contribution in [2.45, 2.75) is 91.8 Å². The van der Waals surface area contributed by atoms with Gasteiger partial charge in [-0.1, -0.05) is 46.7 Å². The van der Waals surface area contributed by atoms with Crippen molar-refractivity contribution >= 4 is 35.5 Å². The minimum Gasteiger partial charge on any atom is -0.666 e. The Morgan fingerprint density at radius 3 is 1.85 bits per heavy atom. The van der Waals surface area contributed by atoms with Crippen molar-refractivity contribution in [3.63, 3.8) is 0 Å². The van der Waals surface area contributed by atoms with Gasteiger partial charge in [0.25, 0.3) is 0 Å². The molecule has 0 aliphatic carbocycles. The molecule has 0 aliphatic rings. The Labute approximate surface area is 244 Å². The molecule has 4 atom stereocenters. The Hall–Kier alpha value is -2.59. The maximum Gasteiger partial charge on any atom is 0.306 e. The molecule has 0 aromatic rings. The molecule has 2 unspecified atom stereocenters. The van der Waals surface area contributed by atoms with E-state index in [1.165, 1.54) is 11.8 Å². The van der Waals surface area contributed by atoms with Gasteiger partial charge >= 0.3 is 17.9 Å². The summed E-state index contributed by atoms with van der Waals surface area (Å²) < 4.78 is 0. The molecule has 0 fully saturated rings. The van der Waals surface area contributed by atoms with Gasteiger partial charge in [-0.25, -0.2) is 0 Å². The topological polar surface area (TPSA) is 202 Å². The standard InChI is InChI=1S/C26H42N3O9.W/c1-14(2)18(29(7)24(36)22(27)26(4,5)6)12-15(3)23(35)28-17(9-11-21(33)34)19(30)13-16(25(37)38)8-10-20(31)32;/h12,14,16-18,22,27H,8-11,13H2,1-7H3,(H,28,35)(H,31,32)(H,33,34)(H,37,38);/q-1;/b15-12+;/t16?,17?,18-,22-;/m1./s1. The van der Waals surface area contributed by atoms with Crippen LogP contribution in [0.3, 0.4) is 0 Å². The zero-order chi connectivity index (χ0) is 30.0. The Balaban J connectivity index is 0. The van der Waals surface area contributed by atoms with Gasteiger partial charge in [0, 0.05) is 52.9 Å². The number of nitrogens with zero attached hydrogens (tertiary/aromatic N) is 1. The molecule has 0 bridgehead atoms. The van der Waals surface area contributed by atoms with E-state index in [4.69, 9.17) is 15.9 Å². The van der Waals surface area contributed by atoms with Crippen LogP contribution in [0.25, 0.3) is 5.73 Å². The maximum atomic E-state index is 13.0. The number of hydrogen-bond acceptors (Lipinski definition) is 6. The van der Waals surface area contributed by atoms with Gasteiger partial charge in [-0.2, -0.15) is 0 Å². The Bertz CT molecular complexity index is 928. The van der Waals surface area contributed by atoms with Crippen LogP contribution >= 0.6 is 0 Å². The fourth-order valence-corrected chi connectivity index (χ4v) is 3.65. The molecule has 12 nitrogen and oxygen atoms in total. The zero-order valence-corrected chi connectivity index (χ0v) is 26.6. The summed E-state index contributed by atoms with van der Waals surface area (Å²) in [5.41, 5.74) is 7.82. The van der Waals surface area contributed by atoms with Crippen molar-refractivity contribution in [2.24, 2.45) is 17.3 Å². The number of amides is 2. The van der Waals surface area contributed by atoms with Crippen LogP contribution < -0.4 is 5.32 Å². The van der Waals surface area contributed by atoms with Crippen LogP contribution in [0.5, 0.6) is 0 Å². The van der Waals surface area contributed by atoms with Gasteiger partial charge in [0.05, 0.1) is 18.0 Å². The SMILES string of the molecule is C/C(=C\[C@H](C(C)C)N(C)C(=O)[C@@H]([NH-])C(C)(C)C)C(=O)NC(CCC(=O)O)C(=O)CC(CCC(=O)O)C(=O)O.[W]. The number of carboxylic acids is 3. The molecule has 0 aromatic carbocycles. The summed E-state index contributed by atoms with van der Waals surface area (Å²) in [7, 11) is 1.55. The van der Waals surface area contributed by atoms with Crippen molar-refractivity contribution in [3.8, 4) is 0 Å². The van der Waals surface area contributed by atoms with Crippen LogP contribution in [0.2, 0.25) is 0 Å². The Morgan fingerprint density at radius 2 is 1.44 bits per heavy atom. The van der Waals surface area contributed by atoms with Crippen molar-refractivity contribution in [2.75, 3.05) is 7.05 Å². The number of aliphatic carboxylic acids is 3. The number of Topliss-reactive ketones (excluding diaryl/α,β-unsaturated/α-hetero) is 1. The molecule has 0 saturated carbocycles. The van der Waals surface area contributed by atoms with E-state index in [2.05, 4.69) is 5.32 Å². The summed E-state index contributed by atoms with van der Waals surface area (Å²) >= 11 is 0. The normalized spacial score (nSPS) is 14.8. The van der Waals surface area contributed by atoms with Crippen LogP contribution in [-0.2, 0) is 49.8 Å². The second-order valence-corrected chi connectivity index (χ2v) is 10.9. The molecule has 13 heteroatoms. The summed E-state index contributed by atoms with van der Waals surface area (Å²) in [5.74, 6) is -7.07. The van der Waals surface area contributed by atoms with E-state index in [9.17, 15) is 33.9 Å². The van der Waals surface area contributed by atoms with Crippen molar-refractivity contribution < 1.29 is 65.2 Å². The van der Waals surface area contributed by atoms with Crippen molar-refractivity contribution in [3.05, 3.63) is 17.4 Å². The second-order valence-electron chi connectivity index (χ2n) is 10.9. The Kier molecular flexibility index (Phi) is 17.0. The van der Waals surface area contributed by atoms with Crippen LogP contribution in [0.1, 0.15) is 73.6 Å². The number of carbonyl (C=O) groups is 6. The Morgan fingerprint density at radius 1 is 0.949 bits per heavy atom. The first-order valence-electron chi connectivity index (χ1n) is 12.5. The van der Waals surface area contributed by atoms with Gasteiger partial charge in [-0.05, 0) is 31.1 Å². The monoisotopic (exact) mass is 724 g/mol. The minimum atomic E-state index is -1.37. The van der Waals surface area contributed by atoms with E-state index < -0.39 is 84.2 Å². The summed E-state index contributed by atoms with van der Waals surface area (Å²) in [4.78, 5) is 73.5. The van der Waals surface area contributed by atoms with Crippen LogP contribution in [0.15, 0.2) is 11.6 Å². The average molecular weight is 724 g/mol. The molecule has 39 heavy (non-hydrogen) atoms. The predicted octanol–water partition coefficient (Wildman–Crippen LogP) is 2.75. The molecular weight excluding hydrogens is 682 g/mol. The van der Waals surface area contributed by atoms with Crippen LogP contribution in [0.4, 0.5) is 0 Å². The van der Waals surface area contributed by atoms with Gasteiger partial charge < -0.3 is 31.3 Å². The van der Waals surface area contributed by atoms with Crippen LogP contribution in [-0.4, -0.2) is 80.9 Å². The molecule has 0 rings (SSSR count). The van der Waals surface area contributed by atoms with E-state index in [0.717, 1.165) is 0 Å². The first-order chi connectivity index (χ1) is 17.3. The number of nitrogens with one attached hydrogen (secondary N) is 2. The van der Waals surface area contributed by atoms with E-state index in [0.29, 0.717) is 0 Å². The number of hydrogen-bond donors (Lipinski definition) is 4. The van der Waals surface area contributed by atoms with Crippen LogP contribution in [0, 0.1) is 17.3 Å². The van der Waals surface area contributed by atoms with Gasteiger partial charge in [0.1, 0.15) is 0 Å². The van der Waals surface area contributed by atoms with Crippen molar-refractivity contribution in [1.29, 1.82) is 0 Å². The third-order valence-electron chi connectivity index (χ3n) is 6.21. The second kappa shape index (κ2) is 17.2. The number of carboxylic acid groups (broad SMARTS) is 3. The third kappa shape index (κ3) is 13.9. The molecule has 0 saturated heterocycles. The number of carbonyl (C=O) groups excluding carboxylic acids is 3. The van der Waals surface area contributed by atoms with Gasteiger partial charge in [-0.3, -0.25) is 28.8 Å². The van der Waals surface area contributed by atoms with E-state index in [-0.39, 0.29) is 45.4 Å². The summed E-state index contributed by atoms with van der Waals surface area (Å²) in [6.45, 7) is 10.5. The zero-order valence-electron chi connectivity index (χ0n) is 23.6. The van der Waals surface area contributed by atoms with Gasteiger partial charge in [0.2, 0.25) is 11.8 Å². The summed E-state index contributed by atoms with van der Waals surface area (Å²) in [6.07, 6.45) is -0.531.